The molecule has 0 spiro atoms. The zero-order valence-electron chi connectivity index (χ0n) is 15.6. The van der Waals surface area contributed by atoms with Gasteiger partial charge in [0.15, 0.2) is 0 Å². The van der Waals surface area contributed by atoms with Crippen molar-refractivity contribution >= 4 is 34.0 Å². The minimum atomic E-state index is -0.378. The van der Waals surface area contributed by atoms with Gasteiger partial charge in [-0.2, -0.15) is 0 Å². The number of carbonyl (C=O) groups is 2. The highest BCUT2D eigenvalue weighted by Crippen LogP contribution is 2.29. The lowest BCUT2D eigenvalue weighted by molar-refractivity contribution is -0.122. The molecule has 1 fully saturated rings. The van der Waals surface area contributed by atoms with Crippen LogP contribution in [0.25, 0.3) is 0 Å². The SMILES string of the molecule is Cc1ccccc1N1C[C@@H](C(=O)Nc2nnc(CC(C)(C)C)s2)CC1=O. The smallest absolute Gasteiger partial charge is 0.231 e. The van der Waals surface area contributed by atoms with Crippen LogP contribution in [0.5, 0.6) is 0 Å². The lowest BCUT2D eigenvalue weighted by Crippen LogP contribution is -2.28. The van der Waals surface area contributed by atoms with Gasteiger partial charge in [-0.05, 0) is 24.0 Å². The van der Waals surface area contributed by atoms with E-state index in [1.165, 1.54) is 11.3 Å². The molecule has 1 aliphatic rings. The summed E-state index contributed by atoms with van der Waals surface area (Å²) in [7, 11) is 0. The van der Waals surface area contributed by atoms with E-state index in [0.29, 0.717) is 11.7 Å². The normalized spacial score (nSPS) is 17.6. The molecule has 1 aliphatic heterocycles. The van der Waals surface area contributed by atoms with E-state index in [4.69, 9.17) is 0 Å². The fourth-order valence-electron chi connectivity index (χ4n) is 3.02. The molecular weight excluding hydrogens is 348 g/mol. The van der Waals surface area contributed by atoms with Crippen LogP contribution in [0.3, 0.4) is 0 Å². The fraction of sp³-hybridized carbons (Fsp3) is 0.474. The van der Waals surface area contributed by atoms with Crippen LogP contribution in [0.15, 0.2) is 24.3 Å². The van der Waals surface area contributed by atoms with Crippen molar-refractivity contribution < 1.29 is 9.59 Å². The van der Waals surface area contributed by atoms with E-state index >= 15 is 0 Å². The van der Waals surface area contributed by atoms with Gasteiger partial charge in [0.1, 0.15) is 5.01 Å². The van der Waals surface area contributed by atoms with Crippen molar-refractivity contribution in [1.82, 2.24) is 10.2 Å². The average molecular weight is 372 g/mol. The number of hydrogen-bond donors (Lipinski definition) is 1. The summed E-state index contributed by atoms with van der Waals surface area (Å²) in [5.41, 5.74) is 2.02. The molecule has 7 heteroatoms. The highest BCUT2D eigenvalue weighted by atomic mass is 32.1. The van der Waals surface area contributed by atoms with Crippen LogP contribution in [0.4, 0.5) is 10.8 Å². The molecule has 26 heavy (non-hydrogen) atoms. The van der Waals surface area contributed by atoms with Gasteiger partial charge in [-0.25, -0.2) is 0 Å². The minimum Gasteiger partial charge on any atom is -0.311 e. The second kappa shape index (κ2) is 7.15. The molecule has 1 aromatic carbocycles. The molecule has 6 nitrogen and oxygen atoms in total. The quantitative estimate of drug-likeness (QED) is 0.892. The van der Waals surface area contributed by atoms with Crippen LogP contribution < -0.4 is 10.2 Å². The van der Waals surface area contributed by atoms with E-state index in [1.54, 1.807) is 4.90 Å². The summed E-state index contributed by atoms with van der Waals surface area (Å²) in [6.07, 6.45) is 1.03. The summed E-state index contributed by atoms with van der Waals surface area (Å²) in [5, 5.41) is 12.4. The van der Waals surface area contributed by atoms with E-state index in [-0.39, 0.29) is 29.6 Å². The van der Waals surface area contributed by atoms with E-state index in [1.807, 2.05) is 31.2 Å². The number of aryl methyl sites for hydroxylation is 1. The zero-order chi connectivity index (χ0) is 18.9. The Labute approximate surface area is 157 Å². The monoisotopic (exact) mass is 372 g/mol. The third-order valence-corrected chi connectivity index (χ3v) is 5.12. The van der Waals surface area contributed by atoms with Gasteiger partial charge in [0.25, 0.3) is 0 Å². The maximum atomic E-state index is 12.6. The summed E-state index contributed by atoms with van der Waals surface area (Å²) in [5.74, 6) is -0.574. The van der Waals surface area contributed by atoms with E-state index < -0.39 is 0 Å². The highest BCUT2D eigenvalue weighted by Gasteiger charge is 2.36. The Kier molecular flexibility index (Phi) is 5.09. The molecule has 1 atom stereocenters. The Morgan fingerprint density at radius 3 is 2.73 bits per heavy atom. The second-order valence-corrected chi connectivity index (χ2v) is 8.98. The molecule has 0 unspecified atom stereocenters. The van der Waals surface area contributed by atoms with Gasteiger partial charge in [0.2, 0.25) is 16.9 Å². The number of nitrogens with zero attached hydrogens (tertiary/aromatic N) is 3. The van der Waals surface area contributed by atoms with Gasteiger partial charge in [0, 0.05) is 25.1 Å². The van der Waals surface area contributed by atoms with Crippen molar-refractivity contribution in [3.8, 4) is 0 Å². The predicted molar refractivity (Wildman–Crippen MR) is 103 cm³/mol. The third kappa shape index (κ3) is 4.27. The lowest BCUT2D eigenvalue weighted by atomic mass is 9.93. The summed E-state index contributed by atoms with van der Waals surface area (Å²) >= 11 is 1.39. The van der Waals surface area contributed by atoms with Crippen molar-refractivity contribution in [1.29, 1.82) is 0 Å². The molecule has 1 N–H and O–H groups in total. The first kappa shape index (κ1) is 18.5. The molecule has 2 heterocycles. The number of para-hydroxylation sites is 1. The molecule has 3 rings (SSSR count). The molecule has 0 bridgehead atoms. The maximum absolute atomic E-state index is 12.6. The molecular formula is C19H24N4O2S. The highest BCUT2D eigenvalue weighted by molar-refractivity contribution is 7.15. The Bertz CT molecular complexity index is 825. The number of amides is 2. The predicted octanol–water partition coefficient (Wildman–Crippen LogP) is 3.43. The number of rotatable bonds is 4. The van der Waals surface area contributed by atoms with E-state index in [9.17, 15) is 9.59 Å². The van der Waals surface area contributed by atoms with Crippen LogP contribution in [0.2, 0.25) is 0 Å². The number of anilines is 2. The van der Waals surface area contributed by atoms with Gasteiger partial charge < -0.3 is 10.2 Å². The fourth-order valence-corrected chi connectivity index (χ4v) is 4.06. The van der Waals surface area contributed by atoms with E-state index in [0.717, 1.165) is 22.7 Å². The number of carbonyl (C=O) groups excluding carboxylic acids is 2. The van der Waals surface area contributed by atoms with Crippen LogP contribution in [-0.4, -0.2) is 28.6 Å². The van der Waals surface area contributed by atoms with Crippen molar-refractivity contribution in [2.24, 2.45) is 11.3 Å². The first-order chi connectivity index (χ1) is 12.2. The largest absolute Gasteiger partial charge is 0.311 e. The van der Waals surface area contributed by atoms with Gasteiger partial charge in [-0.15, -0.1) is 10.2 Å². The third-order valence-electron chi connectivity index (χ3n) is 4.28. The molecule has 0 radical (unpaired) electrons. The first-order valence-electron chi connectivity index (χ1n) is 8.72. The molecule has 1 aromatic heterocycles. The summed E-state index contributed by atoms with van der Waals surface area (Å²) < 4.78 is 0. The maximum Gasteiger partial charge on any atom is 0.231 e. The molecule has 2 amide bonds. The number of nitrogens with one attached hydrogen (secondary N) is 1. The summed E-state index contributed by atoms with van der Waals surface area (Å²) in [4.78, 5) is 26.6. The average Bonchev–Trinajstić information content (AvgIpc) is 3.13. The lowest BCUT2D eigenvalue weighted by Gasteiger charge is -2.18. The van der Waals surface area contributed by atoms with Gasteiger partial charge in [0.05, 0.1) is 5.92 Å². The Morgan fingerprint density at radius 2 is 2.04 bits per heavy atom. The minimum absolute atomic E-state index is 0.0230. The van der Waals surface area contributed by atoms with Crippen molar-refractivity contribution in [2.75, 3.05) is 16.8 Å². The molecule has 0 saturated carbocycles. The van der Waals surface area contributed by atoms with Crippen molar-refractivity contribution in [3.63, 3.8) is 0 Å². The second-order valence-electron chi connectivity index (χ2n) is 7.92. The van der Waals surface area contributed by atoms with Crippen LogP contribution in [0.1, 0.15) is 37.8 Å². The summed E-state index contributed by atoms with van der Waals surface area (Å²) in [6.45, 7) is 8.77. The Balaban J connectivity index is 1.64. The van der Waals surface area contributed by atoms with Crippen molar-refractivity contribution in [2.45, 2.75) is 40.5 Å². The molecule has 1 saturated heterocycles. The number of aromatic nitrogens is 2. The van der Waals surface area contributed by atoms with Gasteiger partial charge >= 0.3 is 0 Å². The van der Waals surface area contributed by atoms with Gasteiger partial charge in [-0.1, -0.05) is 50.3 Å². The van der Waals surface area contributed by atoms with Crippen LogP contribution >= 0.6 is 11.3 Å². The first-order valence-corrected chi connectivity index (χ1v) is 9.54. The standard InChI is InChI=1S/C19H24N4O2S/c1-12-7-5-6-8-14(12)23-11-13(9-16(23)24)17(25)20-18-22-21-15(26-18)10-19(2,3)4/h5-8,13H,9-11H2,1-4H3,(H,20,22,25)/t13-/m0/s1. The Hall–Kier alpha value is -2.28. The Morgan fingerprint density at radius 1 is 1.31 bits per heavy atom. The number of benzene rings is 1. The number of hydrogen-bond acceptors (Lipinski definition) is 5. The van der Waals surface area contributed by atoms with Gasteiger partial charge in [-0.3, -0.25) is 9.59 Å². The molecule has 2 aromatic rings. The van der Waals surface area contributed by atoms with Crippen molar-refractivity contribution in [3.05, 3.63) is 34.8 Å². The summed E-state index contributed by atoms with van der Waals surface area (Å²) in [6, 6.07) is 7.72. The van der Waals surface area contributed by atoms with E-state index in [2.05, 4.69) is 36.3 Å². The van der Waals surface area contributed by atoms with Crippen LogP contribution in [-0.2, 0) is 16.0 Å². The zero-order valence-corrected chi connectivity index (χ0v) is 16.4. The molecule has 0 aliphatic carbocycles. The topological polar surface area (TPSA) is 75.2 Å². The molecule has 138 valence electrons. The van der Waals surface area contributed by atoms with Crippen LogP contribution in [0, 0.1) is 18.3 Å².